The van der Waals surface area contributed by atoms with Crippen LogP contribution >= 0.6 is 0 Å². The van der Waals surface area contributed by atoms with Gasteiger partial charge in [0.15, 0.2) is 0 Å². The molecule has 3 nitrogen and oxygen atoms in total. The highest BCUT2D eigenvalue weighted by Gasteiger charge is 2.31. The van der Waals surface area contributed by atoms with Crippen LogP contribution in [0.2, 0.25) is 0 Å². The summed E-state index contributed by atoms with van der Waals surface area (Å²) in [5.74, 6) is 1.37. The Bertz CT molecular complexity index is 271. The van der Waals surface area contributed by atoms with Gasteiger partial charge in [0.2, 0.25) is 0 Å². The van der Waals surface area contributed by atoms with Crippen molar-refractivity contribution in [3.8, 4) is 0 Å². The van der Waals surface area contributed by atoms with E-state index >= 15 is 0 Å². The van der Waals surface area contributed by atoms with Gasteiger partial charge in [0.05, 0.1) is 6.26 Å². The smallest absolute Gasteiger partial charge is 0.108 e. The van der Waals surface area contributed by atoms with Crippen molar-refractivity contribution in [1.29, 1.82) is 0 Å². The minimum absolute atomic E-state index is 0.339. The molecule has 0 saturated carbocycles. The van der Waals surface area contributed by atoms with E-state index in [0.29, 0.717) is 12.0 Å². The van der Waals surface area contributed by atoms with E-state index < -0.39 is 0 Å². The number of rotatable bonds is 1. The molecular weight excluding hydrogens is 178 g/mol. The van der Waals surface area contributed by atoms with Crippen LogP contribution in [0.4, 0.5) is 0 Å². The SMILES string of the molecule is CC1CC(c2ccco2)CC(O)N1C. The summed E-state index contributed by atoms with van der Waals surface area (Å²) in [4.78, 5) is 2.01. The molecule has 1 aromatic rings. The highest BCUT2D eigenvalue weighted by atomic mass is 16.3. The van der Waals surface area contributed by atoms with Crippen LogP contribution in [0.15, 0.2) is 22.8 Å². The molecule has 14 heavy (non-hydrogen) atoms. The lowest BCUT2D eigenvalue weighted by molar-refractivity contribution is -0.0433. The second-order valence-electron chi connectivity index (χ2n) is 4.18. The zero-order chi connectivity index (χ0) is 10.1. The summed E-state index contributed by atoms with van der Waals surface area (Å²) in [6.07, 6.45) is 3.19. The molecule has 1 aromatic heterocycles. The Morgan fingerprint density at radius 2 is 2.29 bits per heavy atom. The van der Waals surface area contributed by atoms with Gasteiger partial charge in [-0.1, -0.05) is 0 Å². The first-order valence-electron chi connectivity index (χ1n) is 5.12. The summed E-state index contributed by atoms with van der Waals surface area (Å²) >= 11 is 0. The second-order valence-corrected chi connectivity index (χ2v) is 4.18. The standard InChI is InChI=1S/C11H17NO2/c1-8-6-9(7-11(13)12(8)2)10-4-3-5-14-10/h3-5,8-9,11,13H,6-7H2,1-2H3. The van der Waals surface area contributed by atoms with E-state index in [9.17, 15) is 5.11 Å². The Balaban J connectivity index is 2.10. The van der Waals surface area contributed by atoms with Crippen molar-refractivity contribution in [1.82, 2.24) is 4.90 Å². The molecule has 1 aliphatic rings. The van der Waals surface area contributed by atoms with Crippen LogP contribution < -0.4 is 0 Å². The van der Waals surface area contributed by atoms with Gasteiger partial charge in [0.25, 0.3) is 0 Å². The molecule has 3 heteroatoms. The van der Waals surface area contributed by atoms with Crippen molar-refractivity contribution in [2.75, 3.05) is 7.05 Å². The summed E-state index contributed by atoms with van der Waals surface area (Å²) in [7, 11) is 1.97. The van der Waals surface area contributed by atoms with E-state index in [-0.39, 0.29) is 6.23 Å². The Labute approximate surface area is 84.3 Å². The monoisotopic (exact) mass is 195 g/mol. The third kappa shape index (κ3) is 1.70. The summed E-state index contributed by atoms with van der Waals surface area (Å²) in [6.45, 7) is 2.14. The molecule has 1 saturated heterocycles. The second kappa shape index (κ2) is 3.75. The van der Waals surface area contributed by atoms with E-state index in [2.05, 4.69) is 6.92 Å². The van der Waals surface area contributed by atoms with Gasteiger partial charge in [-0.15, -0.1) is 0 Å². The largest absolute Gasteiger partial charge is 0.469 e. The van der Waals surface area contributed by atoms with Gasteiger partial charge in [-0.05, 0) is 38.9 Å². The van der Waals surface area contributed by atoms with Crippen molar-refractivity contribution in [2.24, 2.45) is 0 Å². The van der Waals surface area contributed by atoms with Gasteiger partial charge < -0.3 is 9.52 Å². The zero-order valence-electron chi connectivity index (χ0n) is 8.68. The highest BCUT2D eigenvalue weighted by molar-refractivity contribution is 5.07. The van der Waals surface area contributed by atoms with Crippen LogP contribution in [0.1, 0.15) is 31.4 Å². The molecular formula is C11H17NO2. The van der Waals surface area contributed by atoms with Crippen molar-refractivity contribution in [3.63, 3.8) is 0 Å². The predicted molar refractivity (Wildman–Crippen MR) is 53.9 cm³/mol. The minimum Gasteiger partial charge on any atom is -0.469 e. The van der Waals surface area contributed by atoms with Crippen molar-refractivity contribution >= 4 is 0 Å². The van der Waals surface area contributed by atoms with Crippen LogP contribution in [0.3, 0.4) is 0 Å². The Morgan fingerprint density at radius 1 is 1.50 bits per heavy atom. The number of aliphatic hydroxyl groups is 1. The van der Waals surface area contributed by atoms with Gasteiger partial charge in [0.1, 0.15) is 12.0 Å². The Kier molecular flexibility index (Phi) is 2.61. The van der Waals surface area contributed by atoms with Crippen LogP contribution in [0.5, 0.6) is 0 Å². The molecule has 0 radical (unpaired) electrons. The molecule has 3 atom stereocenters. The quantitative estimate of drug-likeness (QED) is 0.742. The average Bonchev–Trinajstić information content (AvgIpc) is 2.66. The first-order chi connectivity index (χ1) is 6.68. The van der Waals surface area contributed by atoms with Gasteiger partial charge in [0, 0.05) is 12.0 Å². The molecule has 0 spiro atoms. The topological polar surface area (TPSA) is 36.6 Å². The fourth-order valence-corrected chi connectivity index (χ4v) is 2.14. The van der Waals surface area contributed by atoms with Crippen LogP contribution in [-0.2, 0) is 0 Å². The van der Waals surface area contributed by atoms with Crippen molar-refractivity contribution in [3.05, 3.63) is 24.2 Å². The van der Waals surface area contributed by atoms with Gasteiger partial charge >= 0.3 is 0 Å². The van der Waals surface area contributed by atoms with E-state index in [1.807, 2.05) is 24.1 Å². The molecule has 2 heterocycles. The molecule has 2 rings (SSSR count). The number of hydrogen-bond donors (Lipinski definition) is 1. The number of hydrogen-bond acceptors (Lipinski definition) is 3. The predicted octanol–water partition coefficient (Wildman–Crippen LogP) is 1.80. The Morgan fingerprint density at radius 3 is 2.86 bits per heavy atom. The number of nitrogens with zero attached hydrogens (tertiary/aromatic N) is 1. The number of aliphatic hydroxyl groups excluding tert-OH is 1. The van der Waals surface area contributed by atoms with Gasteiger partial charge in [-0.3, -0.25) is 4.90 Å². The highest BCUT2D eigenvalue weighted by Crippen LogP contribution is 2.33. The summed E-state index contributed by atoms with van der Waals surface area (Å²) in [6, 6.07) is 4.31. The number of piperidine rings is 1. The molecule has 3 unspecified atom stereocenters. The summed E-state index contributed by atoms with van der Waals surface area (Å²) < 4.78 is 5.38. The van der Waals surface area contributed by atoms with E-state index in [4.69, 9.17) is 4.42 Å². The molecule has 0 aromatic carbocycles. The molecule has 1 N–H and O–H groups in total. The third-order valence-corrected chi connectivity index (χ3v) is 3.23. The molecule has 0 amide bonds. The van der Waals surface area contributed by atoms with Crippen molar-refractivity contribution < 1.29 is 9.52 Å². The maximum absolute atomic E-state index is 9.80. The minimum atomic E-state index is -0.339. The first-order valence-corrected chi connectivity index (χ1v) is 5.12. The molecule has 0 aliphatic carbocycles. The molecule has 0 bridgehead atoms. The van der Waals surface area contributed by atoms with Crippen LogP contribution in [0.25, 0.3) is 0 Å². The lowest BCUT2D eigenvalue weighted by atomic mass is 9.89. The fourth-order valence-electron chi connectivity index (χ4n) is 2.14. The van der Waals surface area contributed by atoms with E-state index in [1.165, 1.54) is 0 Å². The van der Waals surface area contributed by atoms with Gasteiger partial charge in [-0.2, -0.15) is 0 Å². The average molecular weight is 195 g/mol. The zero-order valence-corrected chi connectivity index (χ0v) is 8.68. The van der Waals surface area contributed by atoms with Crippen molar-refractivity contribution in [2.45, 2.75) is 38.0 Å². The summed E-state index contributed by atoms with van der Waals surface area (Å²) in [5, 5.41) is 9.80. The number of likely N-dealkylation sites (tertiary alicyclic amines) is 1. The van der Waals surface area contributed by atoms with Gasteiger partial charge in [-0.25, -0.2) is 0 Å². The lowest BCUT2D eigenvalue weighted by Gasteiger charge is -2.38. The first kappa shape index (κ1) is 9.74. The normalized spacial score (nSPS) is 34.6. The maximum Gasteiger partial charge on any atom is 0.108 e. The van der Waals surface area contributed by atoms with Crippen LogP contribution in [0, 0.1) is 0 Å². The number of furan rings is 1. The molecule has 1 aliphatic heterocycles. The fraction of sp³-hybridized carbons (Fsp3) is 0.636. The Hall–Kier alpha value is -0.800. The lowest BCUT2D eigenvalue weighted by Crippen LogP contribution is -2.44. The summed E-state index contributed by atoms with van der Waals surface area (Å²) in [5.41, 5.74) is 0. The third-order valence-electron chi connectivity index (χ3n) is 3.23. The van der Waals surface area contributed by atoms with E-state index in [1.54, 1.807) is 6.26 Å². The van der Waals surface area contributed by atoms with E-state index in [0.717, 1.165) is 18.6 Å². The maximum atomic E-state index is 9.80. The van der Waals surface area contributed by atoms with Crippen LogP contribution in [-0.4, -0.2) is 29.3 Å². The molecule has 1 fully saturated rings. The molecule has 78 valence electrons.